The minimum Gasteiger partial charge on any atom is -0.453 e. The molecule has 1 fully saturated rings. The first-order chi connectivity index (χ1) is 18.5. The highest BCUT2D eigenvalue weighted by molar-refractivity contribution is 5.86. The van der Waals surface area contributed by atoms with Crippen molar-refractivity contribution < 1.29 is 23.1 Å². The SMILES string of the molecule is COC(=O)N[C@H](C(=O)N1CC(F)(F)C[C@H]1c1ncc(-c2ccc(-c3ccc(/C(N)=C/N)cc3)cc2)[nH]1)C(C)C. The van der Waals surface area contributed by atoms with E-state index in [4.69, 9.17) is 11.5 Å². The number of aromatic nitrogens is 2. The summed E-state index contributed by atoms with van der Waals surface area (Å²) in [7, 11) is 1.17. The number of nitrogens with one attached hydrogen (secondary N) is 2. The summed E-state index contributed by atoms with van der Waals surface area (Å²) in [6, 6.07) is 13.3. The van der Waals surface area contributed by atoms with Gasteiger partial charge in [-0.25, -0.2) is 18.6 Å². The molecule has 0 bridgehead atoms. The number of methoxy groups -OCH3 is 1. The van der Waals surface area contributed by atoms with E-state index in [1.165, 1.54) is 13.3 Å². The van der Waals surface area contributed by atoms with Crippen LogP contribution < -0.4 is 16.8 Å². The fourth-order valence-electron chi connectivity index (χ4n) is 4.62. The van der Waals surface area contributed by atoms with Gasteiger partial charge in [0.05, 0.1) is 37.3 Å². The molecule has 2 amide bonds. The van der Waals surface area contributed by atoms with Crippen molar-refractivity contribution in [1.82, 2.24) is 20.2 Å². The van der Waals surface area contributed by atoms with Gasteiger partial charge >= 0.3 is 6.09 Å². The number of likely N-dealkylation sites (tertiary alicyclic amines) is 1. The summed E-state index contributed by atoms with van der Waals surface area (Å²) in [5.74, 6) is -3.80. The number of nitrogens with two attached hydrogens (primary N) is 2. The van der Waals surface area contributed by atoms with Gasteiger partial charge in [-0.2, -0.15) is 0 Å². The molecule has 6 N–H and O–H groups in total. The van der Waals surface area contributed by atoms with Crippen molar-refractivity contribution in [3.63, 3.8) is 0 Å². The molecular formula is C28H32F2N6O3. The molecule has 1 aliphatic rings. The summed E-state index contributed by atoms with van der Waals surface area (Å²) in [5, 5.41) is 2.46. The molecule has 0 radical (unpaired) electrons. The molecule has 9 nitrogen and oxygen atoms in total. The smallest absolute Gasteiger partial charge is 0.407 e. The van der Waals surface area contributed by atoms with E-state index < -0.39 is 43.0 Å². The van der Waals surface area contributed by atoms with Crippen LogP contribution in [-0.4, -0.2) is 52.5 Å². The minimum absolute atomic E-state index is 0.251. The van der Waals surface area contributed by atoms with Gasteiger partial charge in [0.15, 0.2) is 0 Å². The van der Waals surface area contributed by atoms with Crippen molar-refractivity contribution in [2.45, 2.75) is 38.3 Å². The van der Waals surface area contributed by atoms with Gasteiger partial charge < -0.3 is 31.4 Å². The van der Waals surface area contributed by atoms with E-state index >= 15 is 0 Å². The highest BCUT2D eigenvalue weighted by atomic mass is 19.3. The summed E-state index contributed by atoms with van der Waals surface area (Å²) in [5.41, 5.74) is 16.0. The highest BCUT2D eigenvalue weighted by Gasteiger charge is 2.50. The van der Waals surface area contributed by atoms with Crippen molar-refractivity contribution in [3.05, 3.63) is 72.3 Å². The molecule has 2 heterocycles. The second-order valence-electron chi connectivity index (χ2n) is 9.86. The molecule has 4 rings (SSSR count). The summed E-state index contributed by atoms with van der Waals surface area (Å²) in [6.07, 6.45) is 1.53. The van der Waals surface area contributed by atoms with E-state index in [1.807, 2.05) is 48.5 Å². The van der Waals surface area contributed by atoms with E-state index in [0.717, 1.165) is 27.2 Å². The number of hydrogen-bond acceptors (Lipinski definition) is 6. The van der Waals surface area contributed by atoms with E-state index in [0.29, 0.717) is 11.4 Å². The monoisotopic (exact) mass is 538 g/mol. The minimum atomic E-state index is -3.10. The molecule has 3 aromatic rings. The van der Waals surface area contributed by atoms with Crippen LogP contribution in [0.4, 0.5) is 13.6 Å². The molecule has 2 atom stereocenters. The molecule has 39 heavy (non-hydrogen) atoms. The van der Waals surface area contributed by atoms with Crippen molar-refractivity contribution >= 4 is 17.7 Å². The standard InChI is InChI=1S/C28H32F2N6O3/c1-16(2)24(35-27(38)39-3)26(37)36-15-28(29,30)12-23(36)25-33-14-22(34-25)20-10-6-18(7-11-20)17-4-8-19(9-5-17)21(32)13-31/h4-11,13-14,16,23-24H,12,15,31-32H2,1-3H3,(H,33,34)(H,35,38)/b21-13-/t23-,24-/m0/s1. The maximum absolute atomic E-state index is 14.5. The summed E-state index contributed by atoms with van der Waals surface area (Å²) in [4.78, 5) is 33.6. The molecule has 11 heteroatoms. The van der Waals surface area contributed by atoms with Gasteiger partial charge in [-0.15, -0.1) is 0 Å². The lowest BCUT2D eigenvalue weighted by atomic mass is 10.0. The molecule has 0 spiro atoms. The summed E-state index contributed by atoms with van der Waals surface area (Å²) < 4.78 is 33.7. The number of alkyl carbamates (subject to hydrolysis) is 1. The molecule has 1 aromatic heterocycles. The second kappa shape index (κ2) is 11.1. The van der Waals surface area contributed by atoms with Crippen LogP contribution in [0.5, 0.6) is 0 Å². The maximum atomic E-state index is 14.5. The lowest BCUT2D eigenvalue weighted by molar-refractivity contribution is -0.136. The van der Waals surface area contributed by atoms with Crippen LogP contribution in [0.25, 0.3) is 28.1 Å². The number of rotatable bonds is 7. The number of imidazole rings is 1. The second-order valence-corrected chi connectivity index (χ2v) is 9.86. The van der Waals surface area contributed by atoms with Crippen molar-refractivity contribution in [3.8, 4) is 22.4 Å². The topological polar surface area (TPSA) is 139 Å². The summed E-state index contributed by atoms with van der Waals surface area (Å²) in [6.45, 7) is 2.67. The fraction of sp³-hybridized carbons (Fsp3) is 0.321. The first-order valence-electron chi connectivity index (χ1n) is 12.5. The number of ether oxygens (including phenoxy) is 1. The zero-order valence-corrected chi connectivity index (χ0v) is 21.9. The maximum Gasteiger partial charge on any atom is 0.407 e. The van der Waals surface area contributed by atoms with Crippen molar-refractivity contribution in [2.24, 2.45) is 17.4 Å². The average Bonchev–Trinajstić information content (AvgIpc) is 3.55. The number of carbonyl (C=O) groups is 2. The number of carbonyl (C=O) groups excluding carboxylic acids is 2. The normalized spacial score (nSPS) is 17.7. The van der Waals surface area contributed by atoms with Gasteiger partial charge in [0.1, 0.15) is 11.9 Å². The van der Waals surface area contributed by atoms with Gasteiger partial charge in [0.2, 0.25) is 5.91 Å². The molecule has 206 valence electrons. The molecule has 0 unspecified atom stereocenters. The Labute approximate surface area is 225 Å². The summed E-state index contributed by atoms with van der Waals surface area (Å²) >= 11 is 0. The largest absolute Gasteiger partial charge is 0.453 e. The van der Waals surface area contributed by atoms with Gasteiger partial charge in [-0.05, 0) is 28.2 Å². The van der Waals surface area contributed by atoms with Crippen molar-refractivity contribution in [1.29, 1.82) is 0 Å². The van der Waals surface area contributed by atoms with E-state index in [1.54, 1.807) is 20.0 Å². The predicted molar refractivity (Wildman–Crippen MR) is 144 cm³/mol. The Morgan fingerprint density at radius 2 is 1.72 bits per heavy atom. The molecule has 0 aliphatic carbocycles. The Kier molecular flexibility index (Phi) is 7.89. The third kappa shape index (κ3) is 6.02. The number of amides is 2. The third-order valence-corrected chi connectivity index (χ3v) is 6.78. The zero-order chi connectivity index (χ0) is 28.3. The van der Waals surface area contributed by atoms with Gasteiger partial charge in [-0.3, -0.25) is 4.79 Å². The number of halogens is 2. The van der Waals surface area contributed by atoms with Crippen LogP contribution in [0.15, 0.2) is 60.9 Å². The van der Waals surface area contributed by atoms with Crippen LogP contribution in [0.3, 0.4) is 0 Å². The Morgan fingerprint density at radius 1 is 1.13 bits per heavy atom. The van der Waals surface area contributed by atoms with E-state index in [2.05, 4.69) is 20.0 Å². The number of aromatic amines is 1. The Morgan fingerprint density at radius 3 is 2.28 bits per heavy atom. The van der Waals surface area contributed by atoms with E-state index in [9.17, 15) is 18.4 Å². The molecule has 1 saturated heterocycles. The van der Waals surface area contributed by atoms with Gasteiger partial charge in [-0.1, -0.05) is 62.4 Å². The van der Waals surface area contributed by atoms with Gasteiger partial charge in [0, 0.05) is 12.6 Å². The quantitative estimate of drug-likeness (QED) is 0.355. The van der Waals surface area contributed by atoms with Gasteiger partial charge in [0.25, 0.3) is 5.92 Å². The lowest BCUT2D eigenvalue weighted by Crippen LogP contribution is -2.51. The Bertz CT molecular complexity index is 1350. The van der Waals surface area contributed by atoms with Crippen LogP contribution in [0.2, 0.25) is 0 Å². The Hall–Kier alpha value is -4.41. The zero-order valence-electron chi connectivity index (χ0n) is 21.9. The van der Waals surface area contributed by atoms with Crippen LogP contribution in [-0.2, 0) is 9.53 Å². The first-order valence-corrected chi connectivity index (χ1v) is 12.5. The number of benzene rings is 2. The molecule has 1 aliphatic heterocycles. The molecular weight excluding hydrogens is 506 g/mol. The average molecular weight is 539 g/mol. The number of nitrogens with zero attached hydrogens (tertiary/aromatic N) is 2. The highest BCUT2D eigenvalue weighted by Crippen LogP contribution is 2.41. The fourth-order valence-corrected chi connectivity index (χ4v) is 4.62. The molecule has 0 saturated carbocycles. The first kappa shape index (κ1) is 27.6. The third-order valence-electron chi connectivity index (χ3n) is 6.78. The van der Waals surface area contributed by atoms with Crippen LogP contribution in [0.1, 0.15) is 37.7 Å². The number of H-pyrrole nitrogens is 1. The number of hydrogen-bond donors (Lipinski definition) is 4. The number of alkyl halides is 2. The van der Waals surface area contributed by atoms with Crippen molar-refractivity contribution in [2.75, 3.05) is 13.7 Å². The Balaban J connectivity index is 1.55. The van der Waals surface area contributed by atoms with Crippen LogP contribution >= 0.6 is 0 Å². The van der Waals surface area contributed by atoms with Crippen LogP contribution in [0, 0.1) is 5.92 Å². The van der Waals surface area contributed by atoms with E-state index in [-0.39, 0.29) is 11.7 Å². The predicted octanol–water partition coefficient (Wildman–Crippen LogP) is 4.25. The molecule has 2 aromatic carbocycles. The lowest BCUT2D eigenvalue weighted by Gasteiger charge is -2.29.